The van der Waals surface area contributed by atoms with Crippen LogP contribution in [0.2, 0.25) is 10.0 Å². The molecular weight excluding hydrogens is 479 g/mol. The summed E-state index contributed by atoms with van der Waals surface area (Å²) in [6, 6.07) is 21.7. The Labute approximate surface area is 217 Å². The van der Waals surface area contributed by atoms with Gasteiger partial charge in [-0.25, -0.2) is 4.98 Å². The van der Waals surface area contributed by atoms with E-state index in [0.29, 0.717) is 21.5 Å². The van der Waals surface area contributed by atoms with Gasteiger partial charge >= 0.3 is 0 Å². The van der Waals surface area contributed by atoms with Gasteiger partial charge in [0.05, 0.1) is 25.6 Å². The first-order valence-electron chi connectivity index (χ1n) is 11.9. The van der Waals surface area contributed by atoms with Crippen LogP contribution >= 0.6 is 23.2 Å². The van der Waals surface area contributed by atoms with E-state index in [1.54, 1.807) is 14.2 Å². The summed E-state index contributed by atoms with van der Waals surface area (Å²) in [5.41, 5.74) is 5.01. The number of imidazole rings is 1. The van der Waals surface area contributed by atoms with Crippen molar-refractivity contribution in [2.45, 2.75) is 39.2 Å². The zero-order valence-corrected chi connectivity index (χ0v) is 21.9. The lowest BCUT2D eigenvalue weighted by atomic mass is 10.0. The molecule has 4 nitrogen and oxygen atoms in total. The summed E-state index contributed by atoms with van der Waals surface area (Å²) < 4.78 is 13.4. The lowest BCUT2D eigenvalue weighted by Crippen LogP contribution is -2.04. The molecule has 4 aromatic rings. The summed E-state index contributed by atoms with van der Waals surface area (Å²) in [7, 11) is 3.29. The topological polar surface area (TPSA) is 36.3 Å². The zero-order valence-electron chi connectivity index (χ0n) is 20.4. The fraction of sp³-hybridized carbons (Fsp3) is 0.276. The molecule has 0 unspecified atom stereocenters. The lowest BCUT2D eigenvalue weighted by Gasteiger charge is -2.15. The molecule has 0 amide bonds. The molecule has 0 saturated carbocycles. The van der Waals surface area contributed by atoms with Crippen LogP contribution < -0.4 is 9.47 Å². The van der Waals surface area contributed by atoms with Gasteiger partial charge < -0.3 is 14.0 Å². The van der Waals surface area contributed by atoms with Crippen LogP contribution in [0.1, 0.15) is 32.6 Å². The van der Waals surface area contributed by atoms with Gasteiger partial charge in [-0.05, 0) is 48.9 Å². The summed E-state index contributed by atoms with van der Waals surface area (Å²) in [6.07, 6.45) is 4.62. The summed E-state index contributed by atoms with van der Waals surface area (Å²) in [6.45, 7) is 3.08. The number of hydrogen-bond acceptors (Lipinski definition) is 3. The molecule has 0 fully saturated rings. The predicted molar refractivity (Wildman–Crippen MR) is 146 cm³/mol. The predicted octanol–water partition coefficient (Wildman–Crippen LogP) is 8.79. The second kappa shape index (κ2) is 11.7. The number of rotatable bonds is 10. The van der Waals surface area contributed by atoms with Gasteiger partial charge in [0.2, 0.25) is 0 Å². The van der Waals surface area contributed by atoms with Crippen molar-refractivity contribution in [1.29, 1.82) is 0 Å². The third-order valence-corrected chi connectivity index (χ3v) is 6.58. The molecule has 0 aliphatic rings. The number of benzene rings is 3. The van der Waals surface area contributed by atoms with Crippen LogP contribution in [0.4, 0.5) is 0 Å². The maximum atomic E-state index is 6.23. The molecule has 0 radical (unpaired) electrons. The van der Waals surface area contributed by atoms with Crippen molar-refractivity contribution in [3.05, 3.63) is 76.8 Å². The molecule has 0 saturated heterocycles. The summed E-state index contributed by atoms with van der Waals surface area (Å²) in [5.74, 6) is 2.25. The molecule has 4 rings (SSSR count). The first-order chi connectivity index (χ1) is 17.0. The van der Waals surface area contributed by atoms with Crippen LogP contribution in [-0.4, -0.2) is 23.8 Å². The number of unbranched alkanes of at least 4 members (excludes halogenated alkanes) is 3. The minimum atomic E-state index is 0.673. The van der Waals surface area contributed by atoms with Gasteiger partial charge in [0.15, 0.2) is 11.5 Å². The maximum Gasteiger partial charge on any atom is 0.161 e. The molecule has 1 aromatic heterocycles. The molecule has 0 aliphatic heterocycles. The van der Waals surface area contributed by atoms with Gasteiger partial charge in [0, 0.05) is 33.3 Å². The molecule has 6 heteroatoms. The molecule has 1 heterocycles. The highest BCUT2D eigenvalue weighted by molar-refractivity contribution is 6.31. The number of halogens is 2. The Bertz CT molecular complexity index is 1270. The first-order valence-corrected chi connectivity index (χ1v) is 12.7. The van der Waals surface area contributed by atoms with Crippen molar-refractivity contribution in [2.75, 3.05) is 14.2 Å². The van der Waals surface area contributed by atoms with Crippen molar-refractivity contribution >= 4 is 23.2 Å². The lowest BCUT2D eigenvalue weighted by molar-refractivity contribution is 0.355. The number of methoxy groups -OCH3 is 2. The maximum absolute atomic E-state index is 6.23. The molecular formula is C29H30Cl2N2O2. The van der Waals surface area contributed by atoms with E-state index < -0.39 is 0 Å². The zero-order chi connectivity index (χ0) is 24.8. The summed E-state index contributed by atoms with van der Waals surface area (Å²) in [5, 5.41) is 1.40. The molecule has 3 aromatic carbocycles. The van der Waals surface area contributed by atoms with Gasteiger partial charge in [-0.3, -0.25) is 0 Å². The fourth-order valence-electron chi connectivity index (χ4n) is 4.27. The van der Waals surface area contributed by atoms with Crippen molar-refractivity contribution < 1.29 is 9.47 Å². The van der Waals surface area contributed by atoms with Gasteiger partial charge in [0.25, 0.3) is 0 Å². The highest BCUT2D eigenvalue weighted by atomic mass is 35.5. The standard InChI is InChI=1S/C29H30Cl2N2O2/c1-4-5-6-7-18-33-28(21-10-15-24(31)16-11-21)27(20-8-13-23(30)14-9-20)32-29(33)22-12-17-25(34-2)26(19-22)35-3/h8-17,19H,4-7,18H2,1-3H3. The molecule has 0 N–H and O–H groups in total. The van der Waals surface area contributed by atoms with E-state index in [-0.39, 0.29) is 0 Å². The first kappa shape index (κ1) is 25.2. The molecule has 182 valence electrons. The van der Waals surface area contributed by atoms with Crippen LogP contribution in [0.25, 0.3) is 33.9 Å². The van der Waals surface area contributed by atoms with Crippen LogP contribution in [0.3, 0.4) is 0 Å². The van der Waals surface area contributed by atoms with Crippen LogP contribution in [0, 0.1) is 0 Å². The number of ether oxygens (including phenoxy) is 2. The van der Waals surface area contributed by atoms with E-state index >= 15 is 0 Å². The van der Waals surface area contributed by atoms with Crippen LogP contribution in [-0.2, 0) is 6.54 Å². The minimum Gasteiger partial charge on any atom is -0.493 e. The van der Waals surface area contributed by atoms with Crippen molar-refractivity contribution in [1.82, 2.24) is 9.55 Å². The second-order valence-corrected chi connectivity index (χ2v) is 9.30. The van der Waals surface area contributed by atoms with E-state index in [0.717, 1.165) is 53.3 Å². The van der Waals surface area contributed by atoms with Crippen LogP contribution in [0.5, 0.6) is 11.5 Å². The monoisotopic (exact) mass is 508 g/mol. The number of aromatic nitrogens is 2. The Morgan fingerprint density at radius 1 is 0.714 bits per heavy atom. The number of nitrogens with zero attached hydrogens (tertiary/aromatic N) is 2. The largest absolute Gasteiger partial charge is 0.493 e. The molecule has 0 spiro atoms. The van der Waals surface area contributed by atoms with Crippen molar-refractivity contribution in [2.24, 2.45) is 0 Å². The normalized spacial score (nSPS) is 11.0. The van der Waals surface area contributed by atoms with E-state index in [9.17, 15) is 0 Å². The Kier molecular flexibility index (Phi) is 8.37. The Morgan fingerprint density at radius 3 is 1.91 bits per heavy atom. The average molecular weight is 509 g/mol. The molecule has 0 bridgehead atoms. The highest BCUT2D eigenvalue weighted by Gasteiger charge is 2.22. The average Bonchev–Trinajstić information content (AvgIpc) is 3.26. The van der Waals surface area contributed by atoms with E-state index in [1.807, 2.05) is 54.6 Å². The minimum absolute atomic E-state index is 0.673. The summed E-state index contributed by atoms with van der Waals surface area (Å²) in [4.78, 5) is 5.20. The quantitative estimate of drug-likeness (QED) is 0.201. The molecule has 0 aliphatic carbocycles. The van der Waals surface area contributed by atoms with Gasteiger partial charge in [0.1, 0.15) is 5.82 Å². The third kappa shape index (κ3) is 5.66. The number of hydrogen-bond donors (Lipinski definition) is 0. The molecule has 35 heavy (non-hydrogen) atoms. The Hall–Kier alpha value is -2.95. The Morgan fingerprint density at radius 2 is 1.31 bits per heavy atom. The van der Waals surface area contributed by atoms with Crippen molar-refractivity contribution in [3.8, 4) is 45.4 Å². The van der Waals surface area contributed by atoms with Gasteiger partial charge in [-0.1, -0.05) is 73.7 Å². The van der Waals surface area contributed by atoms with Gasteiger partial charge in [-0.2, -0.15) is 0 Å². The SMILES string of the molecule is CCCCCCn1c(-c2ccc(OC)c(OC)c2)nc(-c2ccc(Cl)cc2)c1-c1ccc(Cl)cc1. The van der Waals surface area contributed by atoms with Gasteiger partial charge in [-0.15, -0.1) is 0 Å². The molecule has 0 atom stereocenters. The van der Waals surface area contributed by atoms with Crippen molar-refractivity contribution in [3.63, 3.8) is 0 Å². The second-order valence-electron chi connectivity index (χ2n) is 8.43. The van der Waals surface area contributed by atoms with Crippen LogP contribution in [0.15, 0.2) is 66.7 Å². The fourth-order valence-corrected chi connectivity index (χ4v) is 4.52. The van der Waals surface area contributed by atoms with E-state index in [1.165, 1.54) is 12.8 Å². The highest BCUT2D eigenvalue weighted by Crippen LogP contribution is 2.39. The Balaban J connectivity index is 1.94. The third-order valence-electron chi connectivity index (χ3n) is 6.08. The van der Waals surface area contributed by atoms with E-state index in [4.69, 9.17) is 37.7 Å². The summed E-state index contributed by atoms with van der Waals surface area (Å²) >= 11 is 12.4. The van der Waals surface area contributed by atoms with E-state index in [2.05, 4.69) is 23.6 Å². The smallest absolute Gasteiger partial charge is 0.161 e.